The summed E-state index contributed by atoms with van der Waals surface area (Å²) in [5.41, 5.74) is 1.25. The second kappa shape index (κ2) is 6.58. The van der Waals surface area contributed by atoms with E-state index >= 15 is 0 Å². The van der Waals surface area contributed by atoms with Gasteiger partial charge in [0.25, 0.3) is 0 Å². The Morgan fingerprint density at radius 3 is 2.90 bits per heavy atom. The molecule has 2 aromatic rings. The fraction of sp³-hybridized carbons (Fsp3) is 0.471. The smallest absolute Gasteiger partial charge is 0.140 e. The average molecular weight is 302 g/mol. The van der Waals surface area contributed by atoms with Gasteiger partial charge in [0, 0.05) is 23.7 Å². The molecule has 21 heavy (non-hydrogen) atoms. The molecule has 4 heteroatoms. The van der Waals surface area contributed by atoms with Crippen LogP contribution in [0.4, 0.5) is 0 Å². The first kappa shape index (κ1) is 14.5. The summed E-state index contributed by atoms with van der Waals surface area (Å²) in [7, 11) is 0. The molecule has 0 amide bonds. The first-order chi connectivity index (χ1) is 10.2. The number of benzene rings is 1. The minimum atomic E-state index is 0.468. The Morgan fingerprint density at radius 1 is 1.33 bits per heavy atom. The molecule has 112 valence electrons. The van der Waals surface area contributed by atoms with E-state index in [1.807, 2.05) is 18.3 Å². The molecule has 1 aliphatic rings. The third-order valence-corrected chi connectivity index (χ3v) is 4.61. The third-order valence-electron chi connectivity index (χ3n) is 3.64. The maximum atomic E-state index is 5.96. The molecule has 0 radical (unpaired) electrons. The number of para-hydroxylation sites is 1. The van der Waals surface area contributed by atoms with Crippen LogP contribution in [0.3, 0.4) is 0 Å². The largest absolute Gasteiger partial charge is 0.486 e. The second-order valence-electron chi connectivity index (χ2n) is 5.86. The van der Waals surface area contributed by atoms with E-state index < -0.39 is 0 Å². The van der Waals surface area contributed by atoms with Gasteiger partial charge in [-0.1, -0.05) is 32.0 Å². The molecule has 1 aliphatic carbocycles. The number of hydrogen-bond donors (Lipinski definition) is 1. The fourth-order valence-electron chi connectivity index (χ4n) is 2.26. The Kier molecular flexibility index (Phi) is 4.56. The minimum absolute atomic E-state index is 0.468. The molecule has 0 atom stereocenters. The van der Waals surface area contributed by atoms with Gasteiger partial charge in [-0.25, -0.2) is 4.98 Å². The zero-order chi connectivity index (χ0) is 14.7. The molecule has 1 aromatic carbocycles. The Morgan fingerprint density at radius 2 is 2.14 bits per heavy atom. The van der Waals surface area contributed by atoms with E-state index in [2.05, 4.69) is 36.3 Å². The highest BCUT2D eigenvalue weighted by Crippen LogP contribution is 2.27. The maximum Gasteiger partial charge on any atom is 0.140 e. The van der Waals surface area contributed by atoms with E-state index in [1.165, 1.54) is 23.3 Å². The predicted molar refractivity (Wildman–Crippen MR) is 86.8 cm³/mol. The second-order valence-corrected chi connectivity index (χ2v) is 7.06. The van der Waals surface area contributed by atoms with Crippen LogP contribution >= 0.6 is 11.3 Å². The van der Waals surface area contributed by atoms with Gasteiger partial charge >= 0.3 is 0 Å². The van der Waals surface area contributed by atoms with Gasteiger partial charge in [0.1, 0.15) is 17.4 Å². The summed E-state index contributed by atoms with van der Waals surface area (Å²) < 4.78 is 5.96. The van der Waals surface area contributed by atoms with Gasteiger partial charge in [-0.3, -0.25) is 0 Å². The highest BCUT2D eigenvalue weighted by molar-refractivity contribution is 7.11. The first-order valence-corrected chi connectivity index (χ1v) is 8.42. The van der Waals surface area contributed by atoms with Gasteiger partial charge in [-0.2, -0.15) is 0 Å². The van der Waals surface area contributed by atoms with E-state index in [0.29, 0.717) is 12.5 Å². The fourth-order valence-corrected chi connectivity index (χ4v) is 3.04. The van der Waals surface area contributed by atoms with Gasteiger partial charge in [0.2, 0.25) is 0 Å². The summed E-state index contributed by atoms with van der Waals surface area (Å²) in [5, 5.41) is 4.56. The van der Waals surface area contributed by atoms with Gasteiger partial charge in [0.05, 0.1) is 0 Å². The van der Waals surface area contributed by atoms with Gasteiger partial charge in [-0.15, -0.1) is 11.3 Å². The topological polar surface area (TPSA) is 34.1 Å². The molecule has 0 saturated heterocycles. The van der Waals surface area contributed by atoms with Crippen molar-refractivity contribution in [3.05, 3.63) is 45.9 Å². The van der Waals surface area contributed by atoms with Crippen molar-refractivity contribution >= 4 is 11.3 Å². The van der Waals surface area contributed by atoms with Crippen LogP contribution in [0.2, 0.25) is 0 Å². The van der Waals surface area contributed by atoms with Crippen molar-refractivity contribution < 1.29 is 4.74 Å². The van der Waals surface area contributed by atoms with Crippen LogP contribution in [0.15, 0.2) is 30.5 Å². The number of hydrogen-bond acceptors (Lipinski definition) is 4. The molecule has 0 aliphatic heterocycles. The van der Waals surface area contributed by atoms with Gasteiger partial charge < -0.3 is 10.1 Å². The molecule has 0 unspecified atom stereocenters. The molecular formula is C17H22N2OS. The van der Waals surface area contributed by atoms with Gasteiger partial charge in [-0.05, 0) is 30.4 Å². The van der Waals surface area contributed by atoms with E-state index in [4.69, 9.17) is 4.74 Å². The molecule has 1 N–H and O–H groups in total. The zero-order valence-corrected chi connectivity index (χ0v) is 13.5. The van der Waals surface area contributed by atoms with Crippen LogP contribution in [-0.4, -0.2) is 11.0 Å². The lowest BCUT2D eigenvalue weighted by molar-refractivity contribution is 0.301. The van der Waals surface area contributed by atoms with Crippen LogP contribution < -0.4 is 10.1 Å². The number of ether oxygens (including phenoxy) is 1. The molecule has 1 heterocycles. The predicted octanol–water partition coefficient (Wildman–Crippen LogP) is 4.10. The lowest BCUT2D eigenvalue weighted by atomic mass is 10.0. The summed E-state index contributed by atoms with van der Waals surface area (Å²) in [5.74, 6) is 1.44. The van der Waals surface area contributed by atoms with Crippen molar-refractivity contribution in [1.82, 2.24) is 10.3 Å². The van der Waals surface area contributed by atoms with Crippen LogP contribution in [0.5, 0.6) is 5.75 Å². The molecular weight excluding hydrogens is 280 g/mol. The van der Waals surface area contributed by atoms with Crippen molar-refractivity contribution in [2.45, 2.75) is 51.8 Å². The quantitative estimate of drug-likeness (QED) is 0.836. The standard InChI is InChI=1S/C17H22N2OS/c1-12(2)15-5-3-4-6-16(15)20-11-17-19-10-14(21-17)9-18-13-7-8-13/h3-6,10,12-13,18H,7-9,11H2,1-2H3. The maximum absolute atomic E-state index is 5.96. The summed E-state index contributed by atoms with van der Waals surface area (Å²) >= 11 is 1.74. The number of thiazole rings is 1. The third kappa shape index (κ3) is 4.05. The van der Waals surface area contributed by atoms with E-state index in [9.17, 15) is 0 Å². The lowest BCUT2D eigenvalue weighted by Gasteiger charge is -2.12. The SMILES string of the molecule is CC(C)c1ccccc1OCc1ncc(CNC2CC2)s1. The molecule has 3 nitrogen and oxygen atoms in total. The Hall–Kier alpha value is -1.39. The van der Waals surface area contributed by atoms with Crippen LogP contribution in [0.25, 0.3) is 0 Å². The van der Waals surface area contributed by atoms with E-state index in [0.717, 1.165) is 23.3 Å². The normalized spacial score (nSPS) is 14.6. The molecule has 1 fully saturated rings. The zero-order valence-electron chi connectivity index (χ0n) is 12.6. The number of nitrogens with one attached hydrogen (secondary N) is 1. The molecule has 1 saturated carbocycles. The lowest BCUT2D eigenvalue weighted by Crippen LogP contribution is -2.14. The van der Waals surface area contributed by atoms with Crippen molar-refractivity contribution in [2.75, 3.05) is 0 Å². The van der Waals surface area contributed by atoms with Crippen molar-refractivity contribution in [3.8, 4) is 5.75 Å². The summed E-state index contributed by atoms with van der Waals surface area (Å²) in [6, 6.07) is 9.00. The minimum Gasteiger partial charge on any atom is -0.486 e. The van der Waals surface area contributed by atoms with E-state index in [1.54, 1.807) is 11.3 Å². The van der Waals surface area contributed by atoms with Crippen molar-refractivity contribution in [1.29, 1.82) is 0 Å². The highest BCUT2D eigenvalue weighted by atomic mass is 32.1. The van der Waals surface area contributed by atoms with Gasteiger partial charge in [0.15, 0.2) is 0 Å². The number of aromatic nitrogens is 1. The van der Waals surface area contributed by atoms with Crippen molar-refractivity contribution in [3.63, 3.8) is 0 Å². The Labute approximate surface area is 130 Å². The summed E-state index contributed by atoms with van der Waals surface area (Å²) in [6.07, 6.45) is 4.61. The molecule has 1 aromatic heterocycles. The molecule has 0 bridgehead atoms. The Balaban J connectivity index is 1.57. The number of nitrogens with zero attached hydrogens (tertiary/aromatic N) is 1. The molecule has 3 rings (SSSR count). The van der Waals surface area contributed by atoms with Crippen molar-refractivity contribution in [2.24, 2.45) is 0 Å². The van der Waals surface area contributed by atoms with Crippen LogP contribution in [-0.2, 0) is 13.2 Å². The Bertz CT molecular complexity index is 590. The van der Waals surface area contributed by atoms with E-state index in [-0.39, 0.29) is 0 Å². The summed E-state index contributed by atoms with van der Waals surface area (Å²) in [6.45, 7) is 5.86. The summed E-state index contributed by atoms with van der Waals surface area (Å²) in [4.78, 5) is 5.75. The highest BCUT2D eigenvalue weighted by Gasteiger charge is 2.20. The van der Waals surface area contributed by atoms with Crippen LogP contribution in [0, 0.1) is 0 Å². The average Bonchev–Trinajstić information content (AvgIpc) is 3.21. The first-order valence-electron chi connectivity index (χ1n) is 7.61. The molecule has 0 spiro atoms. The monoisotopic (exact) mass is 302 g/mol. The van der Waals surface area contributed by atoms with Crippen LogP contribution in [0.1, 0.15) is 48.1 Å². The number of rotatable bonds is 7.